The molecule has 0 spiro atoms. The number of hydrogen-bond acceptors (Lipinski definition) is 4. The number of amides is 1. The van der Waals surface area contributed by atoms with Crippen LogP contribution in [-0.4, -0.2) is 28.2 Å². The van der Waals surface area contributed by atoms with Crippen LogP contribution in [0.2, 0.25) is 0 Å². The summed E-state index contributed by atoms with van der Waals surface area (Å²) in [6.07, 6.45) is 1.52. The molecule has 1 aromatic heterocycles. The summed E-state index contributed by atoms with van der Waals surface area (Å²) in [5.41, 5.74) is -0.119. The van der Waals surface area contributed by atoms with E-state index in [0.717, 1.165) is 6.20 Å². The molecule has 1 atom stereocenters. The van der Waals surface area contributed by atoms with Gasteiger partial charge < -0.3 is 0 Å². The molecule has 96 valence electrons. The second-order valence-electron chi connectivity index (χ2n) is 3.98. The quantitative estimate of drug-likeness (QED) is 0.483. The molecule has 0 N–H and O–H groups in total. The van der Waals surface area contributed by atoms with Crippen molar-refractivity contribution in [2.75, 3.05) is 17.3 Å². The van der Waals surface area contributed by atoms with E-state index in [-0.39, 0.29) is 17.5 Å². The molecule has 1 amide bonds. The van der Waals surface area contributed by atoms with E-state index in [0.29, 0.717) is 29.1 Å². The Kier molecular flexibility index (Phi) is 3.82. The number of nitrogens with zero attached hydrogens (tertiary/aromatic N) is 3. The molecule has 1 fully saturated rings. The second-order valence-corrected chi connectivity index (χ2v) is 5.15. The SMILES string of the molecule is O=C1CC(CCl)CN1c1ncc([N+](=O)[O-])cc1Br. The molecule has 2 rings (SSSR count). The summed E-state index contributed by atoms with van der Waals surface area (Å²) >= 11 is 8.93. The van der Waals surface area contributed by atoms with Crippen LogP contribution in [0.25, 0.3) is 0 Å². The van der Waals surface area contributed by atoms with E-state index >= 15 is 0 Å². The third kappa shape index (κ3) is 2.46. The first-order chi connectivity index (χ1) is 8.52. The van der Waals surface area contributed by atoms with Crippen LogP contribution >= 0.6 is 27.5 Å². The monoisotopic (exact) mass is 333 g/mol. The highest BCUT2D eigenvalue weighted by Crippen LogP contribution is 2.31. The van der Waals surface area contributed by atoms with Gasteiger partial charge in [-0.2, -0.15) is 0 Å². The number of rotatable bonds is 3. The number of aromatic nitrogens is 1. The lowest BCUT2D eigenvalue weighted by molar-refractivity contribution is -0.385. The van der Waals surface area contributed by atoms with E-state index in [1.165, 1.54) is 11.0 Å². The van der Waals surface area contributed by atoms with Gasteiger partial charge in [0.05, 0.1) is 9.40 Å². The minimum Gasteiger partial charge on any atom is -0.296 e. The molecule has 0 aromatic carbocycles. The standard InChI is InChI=1S/C10H9BrClN3O3/c11-8-2-7(15(17)18)4-13-10(8)14-5-6(3-12)1-9(14)16/h2,4,6H,1,3,5H2. The maximum Gasteiger partial charge on any atom is 0.288 e. The Hall–Kier alpha value is -1.21. The van der Waals surface area contributed by atoms with E-state index in [2.05, 4.69) is 20.9 Å². The average Bonchev–Trinajstić information content (AvgIpc) is 2.70. The molecule has 1 unspecified atom stereocenters. The fourth-order valence-electron chi connectivity index (χ4n) is 1.81. The Morgan fingerprint density at radius 1 is 1.67 bits per heavy atom. The molecule has 0 saturated carbocycles. The molecule has 1 aliphatic heterocycles. The van der Waals surface area contributed by atoms with Gasteiger partial charge in [-0.05, 0) is 21.8 Å². The zero-order valence-corrected chi connectivity index (χ0v) is 11.5. The van der Waals surface area contributed by atoms with Gasteiger partial charge in [0.25, 0.3) is 5.69 Å². The summed E-state index contributed by atoms with van der Waals surface area (Å²) in [4.78, 5) is 27.3. The molecule has 6 nitrogen and oxygen atoms in total. The van der Waals surface area contributed by atoms with Gasteiger partial charge in [-0.15, -0.1) is 11.6 Å². The van der Waals surface area contributed by atoms with Crippen molar-refractivity contribution in [3.63, 3.8) is 0 Å². The summed E-state index contributed by atoms with van der Waals surface area (Å²) in [7, 11) is 0. The van der Waals surface area contributed by atoms with Crippen molar-refractivity contribution < 1.29 is 9.72 Å². The average molecular weight is 335 g/mol. The number of halogens is 2. The molecule has 0 radical (unpaired) electrons. The Bertz CT molecular complexity index is 511. The van der Waals surface area contributed by atoms with Crippen molar-refractivity contribution in [3.8, 4) is 0 Å². The predicted molar refractivity (Wildman–Crippen MR) is 69.8 cm³/mol. The minimum absolute atomic E-state index is 0.0669. The summed E-state index contributed by atoms with van der Waals surface area (Å²) in [5, 5.41) is 10.6. The van der Waals surface area contributed by atoms with Crippen LogP contribution in [0.4, 0.5) is 11.5 Å². The van der Waals surface area contributed by atoms with E-state index in [1.54, 1.807) is 0 Å². The molecule has 2 heterocycles. The molecule has 8 heteroatoms. The number of hydrogen-bond donors (Lipinski definition) is 0. The van der Waals surface area contributed by atoms with Gasteiger partial charge in [-0.1, -0.05) is 0 Å². The van der Waals surface area contributed by atoms with Crippen molar-refractivity contribution in [2.45, 2.75) is 6.42 Å². The first-order valence-electron chi connectivity index (χ1n) is 5.19. The number of pyridine rings is 1. The van der Waals surface area contributed by atoms with Gasteiger partial charge in [0.1, 0.15) is 12.0 Å². The lowest BCUT2D eigenvalue weighted by Gasteiger charge is -2.16. The molecule has 1 saturated heterocycles. The molecule has 1 aliphatic rings. The fourth-order valence-corrected chi connectivity index (χ4v) is 2.57. The summed E-state index contributed by atoms with van der Waals surface area (Å²) in [6, 6.07) is 1.34. The zero-order valence-electron chi connectivity index (χ0n) is 9.18. The highest BCUT2D eigenvalue weighted by atomic mass is 79.9. The second kappa shape index (κ2) is 5.19. The minimum atomic E-state index is -0.533. The molecule has 0 aliphatic carbocycles. The maximum absolute atomic E-state index is 11.8. The molecular formula is C10H9BrClN3O3. The molecule has 18 heavy (non-hydrogen) atoms. The van der Waals surface area contributed by atoms with Gasteiger partial charge >= 0.3 is 0 Å². The Morgan fingerprint density at radius 3 is 2.89 bits per heavy atom. The number of nitro groups is 1. The van der Waals surface area contributed by atoms with E-state index in [4.69, 9.17) is 11.6 Å². The van der Waals surface area contributed by atoms with E-state index in [1.807, 2.05) is 0 Å². The smallest absolute Gasteiger partial charge is 0.288 e. The van der Waals surface area contributed by atoms with Crippen LogP contribution in [0, 0.1) is 16.0 Å². The zero-order chi connectivity index (χ0) is 13.3. The lowest BCUT2D eigenvalue weighted by atomic mass is 10.1. The number of alkyl halides is 1. The van der Waals surface area contributed by atoms with Gasteiger partial charge in [-0.3, -0.25) is 19.8 Å². The highest BCUT2D eigenvalue weighted by Gasteiger charge is 2.32. The van der Waals surface area contributed by atoms with Crippen LogP contribution in [0.15, 0.2) is 16.7 Å². The largest absolute Gasteiger partial charge is 0.296 e. The lowest BCUT2D eigenvalue weighted by Crippen LogP contribution is -2.26. The third-order valence-corrected chi connectivity index (χ3v) is 3.72. The topological polar surface area (TPSA) is 76.3 Å². The highest BCUT2D eigenvalue weighted by molar-refractivity contribution is 9.10. The van der Waals surface area contributed by atoms with Crippen LogP contribution in [-0.2, 0) is 4.79 Å². The first kappa shape index (κ1) is 13.2. The van der Waals surface area contributed by atoms with Crippen LogP contribution < -0.4 is 4.90 Å². The van der Waals surface area contributed by atoms with Crippen LogP contribution in [0.1, 0.15) is 6.42 Å². The number of carbonyl (C=O) groups is 1. The van der Waals surface area contributed by atoms with Crippen molar-refractivity contribution in [2.24, 2.45) is 5.92 Å². The molecule has 1 aromatic rings. The third-order valence-electron chi connectivity index (χ3n) is 2.70. The first-order valence-corrected chi connectivity index (χ1v) is 6.52. The maximum atomic E-state index is 11.8. The van der Waals surface area contributed by atoms with E-state index in [9.17, 15) is 14.9 Å². The number of anilines is 1. The summed E-state index contributed by atoms with van der Waals surface area (Å²) in [5.74, 6) is 0.844. The van der Waals surface area contributed by atoms with Crippen molar-refractivity contribution >= 4 is 44.9 Å². The Morgan fingerprint density at radius 2 is 2.39 bits per heavy atom. The van der Waals surface area contributed by atoms with E-state index < -0.39 is 4.92 Å². The summed E-state index contributed by atoms with van der Waals surface area (Å²) < 4.78 is 0.431. The van der Waals surface area contributed by atoms with Crippen molar-refractivity contribution in [1.82, 2.24) is 4.98 Å². The molecule has 0 bridgehead atoms. The van der Waals surface area contributed by atoms with Crippen LogP contribution in [0.5, 0.6) is 0 Å². The molecular weight excluding hydrogens is 325 g/mol. The van der Waals surface area contributed by atoms with Gasteiger partial charge in [0, 0.05) is 24.9 Å². The van der Waals surface area contributed by atoms with Gasteiger partial charge in [-0.25, -0.2) is 4.98 Å². The fraction of sp³-hybridized carbons (Fsp3) is 0.400. The Labute approximate surface area is 116 Å². The predicted octanol–water partition coefficient (Wildman–Crippen LogP) is 2.34. The van der Waals surface area contributed by atoms with Crippen LogP contribution in [0.3, 0.4) is 0 Å². The Balaban J connectivity index is 2.29. The van der Waals surface area contributed by atoms with Crippen molar-refractivity contribution in [3.05, 3.63) is 26.9 Å². The van der Waals surface area contributed by atoms with Crippen molar-refractivity contribution in [1.29, 1.82) is 0 Å². The summed E-state index contributed by atoms with van der Waals surface area (Å²) in [6.45, 7) is 0.492. The van der Waals surface area contributed by atoms with Gasteiger partial charge in [0.15, 0.2) is 0 Å². The normalized spacial score (nSPS) is 19.3. The van der Waals surface area contributed by atoms with Gasteiger partial charge in [0.2, 0.25) is 5.91 Å². The number of carbonyl (C=O) groups excluding carboxylic acids is 1.